The van der Waals surface area contributed by atoms with Crippen LogP contribution in [-0.4, -0.2) is 10.9 Å². The average molecular weight is 200 g/mol. The van der Waals surface area contributed by atoms with E-state index in [1.54, 1.807) is 6.20 Å². The molecule has 0 spiro atoms. The summed E-state index contributed by atoms with van der Waals surface area (Å²) in [4.78, 5) is 14.6. The van der Waals surface area contributed by atoms with Crippen LogP contribution in [0.3, 0.4) is 0 Å². The summed E-state index contributed by atoms with van der Waals surface area (Å²) < 4.78 is 0. The van der Waals surface area contributed by atoms with Crippen LogP contribution in [0.25, 0.3) is 0 Å². The topological polar surface area (TPSA) is 44.9 Å². The van der Waals surface area contributed by atoms with Gasteiger partial charge >= 0.3 is 0 Å². The van der Waals surface area contributed by atoms with Crippen molar-refractivity contribution in [1.29, 1.82) is 0 Å². The Morgan fingerprint density at radius 2 is 2.00 bits per heavy atom. The first-order valence-electron chi connectivity index (χ1n) is 4.77. The molecule has 1 aromatic heterocycles. The van der Waals surface area contributed by atoms with Crippen LogP contribution >= 0.6 is 0 Å². The fourth-order valence-corrected chi connectivity index (χ4v) is 1.35. The minimum atomic E-state index is -0.116. The van der Waals surface area contributed by atoms with E-state index in [0.29, 0.717) is 5.69 Å². The van der Waals surface area contributed by atoms with Crippen LogP contribution in [0.5, 0.6) is 0 Å². The third-order valence-corrected chi connectivity index (χ3v) is 2.10. The number of hydrogen-bond acceptors (Lipinski definition) is 1. The Labute approximate surface area is 88.1 Å². The lowest BCUT2D eigenvalue weighted by atomic mass is 10.3. The average Bonchev–Trinajstić information content (AvgIpc) is 2.66. The van der Waals surface area contributed by atoms with Crippen LogP contribution in [0.4, 0.5) is 5.69 Å². The van der Waals surface area contributed by atoms with Gasteiger partial charge in [0.2, 0.25) is 0 Å². The molecule has 2 aromatic rings. The third-order valence-electron chi connectivity index (χ3n) is 2.10. The van der Waals surface area contributed by atoms with Crippen LogP contribution in [0.2, 0.25) is 0 Å². The van der Waals surface area contributed by atoms with Crippen LogP contribution < -0.4 is 5.32 Å². The molecule has 0 aliphatic carbocycles. The summed E-state index contributed by atoms with van der Waals surface area (Å²) in [6.45, 7) is 1.94. The zero-order chi connectivity index (χ0) is 10.7. The van der Waals surface area contributed by atoms with Crippen molar-refractivity contribution >= 4 is 11.6 Å². The largest absolute Gasteiger partial charge is 0.357 e. The van der Waals surface area contributed by atoms with Crippen LogP contribution in [0.1, 0.15) is 16.1 Å². The van der Waals surface area contributed by atoms with E-state index in [1.165, 1.54) is 0 Å². The van der Waals surface area contributed by atoms with E-state index < -0.39 is 0 Å². The van der Waals surface area contributed by atoms with E-state index in [2.05, 4.69) is 10.3 Å². The maximum absolute atomic E-state index is 11.7. The van der Waals surface area contributed by atoms with Crippen molar-refractivity contribution in [3.63, 3.8) is 0 Å². The van der Waals surface area contributed by atoms with Gasteiger partial charge in [0, 0.05) is 11.9 Å². The first kappa shape index (κ1) is 9.52. The Balaban J connectivity index is 2.11. The first-order chi connectivity index (χ1) is 7.25. The zero-order valence-corrected chi connectivity index (χ0v) is 8.45. The molecular weight excluding hydrogens is 188 g/mol. The van der Waals surface area contributed by atoms with Gasteiger partial charge in [0.15, 0.2) is 0 Å². The second kappa shape index (κ2) is 4.00. The second-order valence-corrected chi connectivity index (χ2v) is 3.41. The van der Waals surface area contributed by atoms with E-state index in [4.69, 9.17) is 0 Å². The molecule has 3 heteroatoms. The summed E-state index contributed by atoms with van der Waals surface area (Å²) in [5.41, 5.74) is 2.43. The van der Waals surface area contributed by atoms with Crippen LogP contribution in [-0.2, 0) is 0 Å². The number of aromatic amines is 1. The molecule has 2 N–H and O–H groups in total. The number of nitrogens with one attached hydrogen (secondary N) is 2. The lowest BCUT2D eigenvalue weighted by Crippen LogP contribution is -2.11. The highest BCUT2D eigenvalue weighted by atomic mass is 16.1. The highest BCUT2D eigenvalue weighted by Crippen LogP contribution is 2.08. The SMILES string of the molecule is Cc1c[nH]c(C(=O)Nc2ccccc2)c1. The molecule has 1 amide bonds. The van der Waals surface area contributed by atoms with Crippen molar-refractivity contribution in [3.05, 3.63) is 53.9 Å². The number of carbonyl (C=O) groups is 1. The monoisotopic (exact) mass is 200 g/mol. The van der Waals surface area contributed by atoms with Crippen molar-refractivity contribution in [2.75, 3.05) is 5.32 Å². The molecule has 0 saturated heterocycles. The number of carbonyl (C=O) groups excluding carboxylic acids is 1. The Kier molecular flexibility index (Phi) is 2.54. The second-order valence-electron chi connectivity index (χ2n) is 3.41. The van der Waals surface area contributed by atoms with Crippen molar-refractivity contribution in [1.82, 2.24) is 4.98 Å². The minimum Gasteiger partial charge on any atom is -0.357 e. The number of H-pyrrole nitrogens is 1. The highest BCUT2D eigenvalue weighted by molar-refractivity contribution is 6.03. The summed E-state index contributed by atoms with van der Waals surface area (Å²) in [6.07, 6.45) is 1.81. The lowest BCUT2D eigenvalue weighted by molar-refractivity contribution is 0.102. The Hall–Kier alpha value is -2.03. The van der Waals surface area contributed by atoms with Gasteiger partial charge in [-0.2, -0.15) is 0 Å². The Morgan fingerprint density at radius 1 is 1.27 bits per heavy atom. The number of aryl methyl sites for hydroxylation is 1. The zero-order valence-electron chi connectivity index (χ0n) is 8.45. The van der Waals surface area contributed by atoms with Gasteiger partial charge in [-0.25, -0.2) is 0 Å². The van der Waals surface area contributed by atoms with Gasteiger partial charge < -0.3 is 10.3 Å². The number of benzene rings is 1. The molecule has 2 rings (SSSR count). The first-order valence-corrected chi connectivity index (χ1v) is 4.77. The van der Waals surface area contributed by atoms with E-state index in [-0.39, 0.29) is 5.91 Å². The van der Waals surface area contributed by atoms with Crippen molar-refractivity contribution in [2.45, 2.75) is 6.92 Å². The van der Waals surface area contributed by atoms with Gasteiger partial charge in [0.05, 0.1) is 0 Å². The maximum atomic E-state index is 11.7. The number of aromatic nitrogens is 1. The molecule has 0 aliphatic rings. The summed E-state index contributed by atoms with van der Waals surface area (Å²) in [6, 6.07) is 11.2. The molecule has 0 unspecified atom stereocenters. The van der Waals surface area contributed by atoms with E-state index in [0.717, 1.165) is 11.3 Å². The predicted octanol–water partition coefficient (Wildman–Crippen LogP) is 2.58. The minimum absolute atomic E-state index is 0.116. The molecule has 0 saturated carbocycles. The molecule has 0 bridgehead atoms. The molecule has 3 nitrogen and oxygen atoms in total. The number of rotatable bonds is 2. The maximum Gasteiger partial charge on any atom is 0.272 e. The lowest BCUT2D eigenvalue weighted by Gasteiger charge is -2.02. The Bertz CT molecular complexity index is 459. The summed E-state index contributed by atoms with van der Waals surface area (Å²) in [5, 5.41) is 2.80. The predicted molar refractivity (Wildman–Crippen MR) is 59.9 cm³/mol. The molecule has 76 valence electrons. The molecule has 0 atom stereocenters. The van der Waals surface area contributed by atoms with E-state index in [1.807, 2.05) is 43.3 Å². The summed E-state index contributed by atoms with van der Waals surface area (Å²) in [5.74, 6) is -0.116. The summed E-state index contributed by atoms with van der Waals surface area (Å²) >= 11 is 0. The van der Waals surface area contributed by atoms with Crippen molar-refractivity contribution < 1.29 is 4.79 Å². The normalized spacial score (nSPS) is 9.93. The molecule has 15 heavy (non-hydrogen) atoms. The number of para-hydroxylation sites is 1. The molecule has 1 aromatic carbocycles. The number of amides is 1. The number of anilines is 1. The van der Waals surface area contributed by atoms with Gasteiger partial charge in [-0.1, -0.05) is 18.2 Å². The molecule has 0 radical (unpaired) electrons. The fourth-order valence-electron chi connectivity index (χ4n) is 1.35. The highest BCUT2D eigenvalue weighted by Gasteiger charge is 2.06. The van der Waals surface area contributed by atoms with E-state index in [9.17, 15) is 4.79 Å². The summed E-state index contributed by atoms with van der Waals surface area (Å²) in [7, 11) is 0. The van der Waals surface area contributed by atoms with Gasteiger partial charge in [-0.15, -0.1) is 0 Å². The van der Waals surface area contributed by atoms with Crippen LogP contribution in [0, 0.1) is 6.92 Å². The molecular formula is C12H12N2O. The standard InChI is InChI=1S/C12H12N2O/c1-9-7-11(13-8-9)12(15)14-10-5-3-2-4-6-10/h2-8,13H,1H3,(H,14,15). The quantitative estimate of drug-likeness (QED) is 0.768. The molecule has 0 fully saturated rings. The van der Waals surface area contributed by atoms with Gasteiger partial charge in [-0.05, 0) is 30.7 Å². The Morgan fingerprint density at radius 3 is 2.60 bits per heavy atom. The van der Waals surface area contributed by atoms with Crippen LogP contribution in [0.15, 0.2) is 42.6 Å². The van der Waals surface area contributed by atoms with Gasteiger partial charge in [-0.3, -0.25) is 4.79 Å². The number of hydrogen-bond donors (Lipinski definition) is 2. The van der Waals surface area contributed by atoms with Gasteiger partial charge in [0.25, 0.3) is 5.91 Å². The van der Waals surface area contributed by atoms with Crippen molar-refractivity contribution in [3.8, 4) is 0 Å². The van der Waals surface area contributed by atoms with E-state index >= 15 is 0 Å². The smallest absolute Gasteiger partial charge is 0.272 e. The third kappa shape index (κ3) is 2.26. The molecule has 0 aliphatic heterocycles. The van der Waals surface area contributed by atoms with Crippen molar-refractivity contribution in [2.24, 2.45) is 0 Å². The fraction of sp³-hybridized carbons (Fsp3) is 0.0833. The van der Waals surface area contributed by atoms with Gasteiger partial charge in [0.1, 0.15) is 5.69 Å². The molecule has 1 heterocycles.